The lowest BCUT2D eigenvalue weighted by atomic mass is 10.3. The fourth-order valence-corrected chi connectivity index (χ4v) is 1.71. The predicted molar refractivity (Wildman–Crippen MR) is 66.2 cm³/mol. The van der Waals surface area contributed by atoms with Gasteiger partial charge in [-0.1, -0.05) is 12.7 Å². The summed E-state index contributed by atoms with van der Waals surface area (Å²) in [6.45, 7) is 6.24. The van der Waals surface area contributed by atoms with Crippen molar-refractivity contribution in [2.24, 2.45) is 0 Å². The molecule has 0 saturated carbocycles. The topological polar surface area (TPSA) is 59.1 Å². The Morgan fingerprint density at radius 3 is 2.39 bits per heavy atom. The molecule has 6 heteroatoms. The molecule has 0 radical (unpaired) electrons. The summed E-state index contributed by atoms with van der Waals surface area (Å²) in [7, 11) is 1.57. The van der Waals surface area contributed by atoms with Gasteiger partial charge in [-0.2, -0.15) is 0 Å². The summed E-state index contributed by atoms with van der Waals surface area (Å²) in [6.07, 6.45) is 1.57. The van der Waals surface area contributed by atoms with Crippen LogP contribution < -0.4 is 0 Å². The first-order chi connectivity index (χ1) is 8.69. The normalized spacial score (nSPS) is 15.4. The highest BCUT2D eigenvalue weighted by molar-refractivity contribution is 5.76. The second kappa shape index (κ2) is 7.71. The quantitative estimate of drug-likeness (QED) is 0.672. The summed E-state index contributed by atoms with van der Waals surface area (Å²) in [5.74, 6) is 0.0657. The average molecular weight is 256 g/mol. The van der Waals surface area contributed by atoms with Crippen LogP contribution in [0.3, 0.4) is 0 Å². The van der Waals surface area contributed by atoms with E-state index in [-0.39, 0.29) is 18.6 Å². The van der Waals surface area contributed by atoms with Crippen molar-refractivity contribution in [3.05, 3.63) is 12.7 Å². The molecule has 0 aliphatic carbocycles. The lowest BCUT2D eigenvalue weighted by molar-refractivity contribution is -0.133. The van der Waals surface area contributed by atoms with E-state index in [1.165, 1.54) is 6.08 Å². The van der Waals surface area contributed by atoms with Crippen LogP contribution >= 0.6 is 0 Å². The van der Waals surface area contributed by atoms with Crippen LogP contribution in [0.4, 0.5) is 4.79 Å². The number of hydrogen-bond donors (Lipinski definition) is 0. The van der Waals surface area contributed by atoms with Crippen LogP contribution in [0.1, 0.15) is 6.42 Å². The average Bonchev–Trinajstić information content (AvgIpc) is 2.42. The van der Waals surface area contributed by atoms with Gasteiger partial charge in [0.15, 0.2) is 0 Å². The minimum atomic E-state index is -0.348. The standard InChI is InChI=1S/C12H20N2O4/c1-3-9-18-12(16)14-7-5-13(6-8-14)11(15)4-10-17-2/h3H,1,4-10H2,2H3. The molecule has 1 saturated heterocycles. The summed E-state index contributed by atoms with van der Waals surface area (Å²) in [6, 6.07) is 0. The van der Waals surface area contributed by atoms with E-state index >= 15 is 0 Å². The molecule has 1 heterocycles. The van der Waals surface area contributed by atoms with Gasteiger partial charge in [0.2, 0.25) is 5.91 Å². The molecule has 102 valence electrons. The van der Waals surface area contributed by atoms with Gasteiger partial charge < -0.3 is 19.3 Å². The lowest BCUT2D eigenvalue weighted by Gasteiger charge is -2.34. The van der Waals surface area contributed by atoms with Gasteiger partial charge in [-0.05, 0) is 0 Å². The summed E-state index contributed by atoms with van der Waals surface area (Å²) >= 11 is 0. The molecule has 6 nitrogen and oxygen atoms in total. The third-order valence-electron chi connectivity index (χ3n) is 2.74. The van der Waals surface area contributed by atoms with Gasteiger partial charge in [-0.25, -0.2) is 4.79 Å². The molecule has 0 unspecified atom stereocenters. The monoisotopic (exact) mass is 256 g/mol. The Labute approximate surface area is 107 Å². The van der Waals surface area contributed by atoms with Gasteiger partial charge in [0, 0.05) is 33.3 Å². The number of nitrogens with zero attached hydrogens (tertiary/aromatic N) is 2. The summed E-state index contributed by atoms with van der Waals surface area (Å²) in [5, 5.41) is 0. The van der Waals surface area contributed by atoms with E-state index in [9.17, 15) is 9.59 Å². The van der Waals surface area contributed by atoms with Crippen LogP contribution in [0.15, 0.2) is 12.7 Å². The molecular weight excluding hydrogens is 236 g/mol. The first-order valence-electron chi connectivity index (χ1n) is 5.98. The van der Waals surface area contributed by atoms with Crippen molar-refractivity contribution in [3.63, 3.8) is 0 Å². The van der Waals surface area contributed by atoms with Crippen molar-refractivity contribution in [1.29, 1.82) is 0 Å². The van der Waals surface area contributed by atoms with Gasteiger partial charge in [0.25, 0.3) is 0 Å². The summed E-state index contributed by atoms with van der Waals surface area (Å²) < 4.78 is 9.80. The summed E-state index contributed by atoms with van der Waals surface area (Å²) in [5.41, 5.74) is 0. The highest BCUT2D eigenvalue weighted by Gasteiger charge is 2.24. The maximum atomic E-state index is 11.7. The molecule has 0 atom stereocenters. The molecule has 18 heavy (non-hydrogen) atoms. The van der Waals surface area contributed by atoms with Gasteiger partial charge in [0.05, 0.1) is 13.0 Å². The van der Waals surface area contributed by atoms with Crippen LogP contribution in [0, 0.1) is 0 Å². The second-order valence-corrected chi connectivity index (χ2v) is 3.98. The predicted octanol–water partition coefficient (Wildman–Crippen LogP) is 0.490. The molecular formula is C12H20N2O4. The van der Waals surface area contributed by atoms with E-state index in [4.69, 9.17) is 9.47 Å². The Bertz CT molecular complexity index is 298. The SMILES string of the molecule is C=CCOC(=O)N1CCN(C(=O)CCOC)CC1. The number of ether oxygens (including phenoxy) is 2. The Kier molecular flexibility index (Phi) is 6.21. The van der Waals surface area contributed by atoms with E-state index in [1.54, 1.807) is 16.9 Å². The van der Waals surface area contributed by atoms with Gasteiger partial charge in [-0.15, -0.1) is 0 Å². The van der Waals surface area contributed by atoms with Crippen LogP contribution in [-0.2, 0) is 14.3 Å². The molecule has 1 aliphatic heterocycles. The zero-order valence-corrected chi connectivity index (χ0v) is 10.8. The smallest absolute Gasteiger partial charge is 0.410 e. The van der Waals surface area contributed by atoms with E-state index in [2.05, 4.69) is 6.58 Å². The molecule has 1 fully saturated rings. The van der Waals surface area contributed by atoms with E-state index in [0.29, 0.717) is 39.2 Å². The van der Waals surface area contributed by atoms with E-state index in [1.807, 2.05) is 0 Å². The van der Waals surface area contributed by atoms with Crippen LogP contribution in [-0.4, -0.2) is 68.3 Å². The zero-order valence-electron chi connectivity index (χ0n) is 10.8. The third-order valence-corrected chi connectivity index (χ3v) is 2.74. The van der Waals surface area contributed by atoms with Crippen molar-refractivity contribution >= 4 is 12.0 Å². The van der Waals surface area contributed by atoms with Gasteiger partial charge in [-0.3, -0.25) is 4.79 Å². The number of amides is 2. The van der Waals surface area contributed by atoms with Crippen molar-refractivity contribution < 1.29 is 19.1 Å². The van der Waals surface area contributed by atoms with Crippen molar-refractivity contribution in [2.45, 2.75) is 6.42 Å². The Hall–Kier alpha value is -1.56. The van der Waals surface area contributed by atoms with Gasteiger partial charge in [0.1, 0.15) is 6.61 Å². The molecule has 1 aliphatic rings. The molecule has 0 aromatic carbocycles. The Morgan fingerprint density at radius 2 is 1.83 bits per heavy atom. The number of methoxy groups -OCH3 is 1. The molecule has 0 aromatic rings. The van der Waals surface area contributed by atoms with Gasteiger partial charge >= 0.3 is 6.09 Å². The maximum Gasteiger partial charge on any atom is 0.410 e. The molecule has 2 amide bonds. The van der Waals surface area contributed by atoms with Crippen molar-refractivity contribution in [3.8, 4) is 0 Å². The van der Waals surface area contributed by atoms with Crippen LogP contribution in [0.2, 0.25) is 0 Å². The molecule has 1 rings (SSSR count). The zero-order chi connectivity index (χ0) is 13.4. The first kappa shape index (κ1) is 14.5. The van der Waals surface area contributed by atoms with E-state index < -0.39 is 0 Å². The maximum absolute atomic E-state index is 11.7. The first-order valence-corrected chi connectivity index (χ1v) is 5.98. The second-order valence-electron chi connectivity index (χ2n) is 3.98. The number of carbonyl (C=O) groups is 2. The van der Waals surface area contributed by atoms with E-state index in [0.717, 1.165) is 0 Å². The fraction of sp³-hybridized carbons (Fsp3) is 0.667. The Balaban J connectivity index is 2.29. The minimum absolute atomic E-state index is 0.0657. The largest absolute Gasteiger partial charge is 0.445 e. The van der Waals surface area contributed by atoms with Crippen LogP contribution in [0.25, 0.3) is 0 Å². The highest BCUT2D eigenvalue weighted by Crippen LogP contribution is 2.05. The van der Waals surface area contributed by atoms with Crippen molar-refractivity contribution in [2.75, 3.05) is 46.5 Å². The van der Waals surface area contributed by atoms with Crippen molar-refractivity contribution in [1.82, 2.24) is 9.80 Å². The minimum Gasteiger partial charge on any atom is -0.445 e. The number of rotatable bonds is 5. The molecule has 0 aromatic heterocycles. The molecule has 0 spiro atoms. The number of piperazine rings is 1. The number of hydrogen-bond acceptors (Lipinski definition) is 4. The third kappa shape index (κ3) is 4.37. The molecule has 0 N–H and O–H groups in total. The number of carbonyl (C=O) groups excluding carboxylic acids is 2. The molecule has 0 bridgehead atoms. The highest BCUT2D eigenvalue weighted by atomic mass is 16.6. The lowest BCUT2D eigenvalue weighted by Crippen LogP contribution is -2.50. The fourth-order valence-electron chi connectivity index (χ4n) is 1.71. The van der Waals surface area contributed by atoms with Crippen LogP contribution in [0.5, 0.6) is 0 Å². The Morgan fingerprint density at radius 1 is 1.22 bits per heavy atom. The summed E-state index contributed by atoms with van der Waals surface area (Å²) in [4.78, 5) is 26.6.